The number of aromatic nitrogens is 1. The SMILES string of the molecule is CC.Cc1ccnc(N)c1C(=O)Nc1ccccc1. The molecular formula is C15H19N3O. The standard InChI is InChI=1S/C13H13N3O.C2H6/c1-9-7-8-15-12(14)11(9)13(17)16-10-5-3-2-4-6-10;1-2/h2-8H,1H3,(H2,14,15)(H,16,17);1-2H3. The van der Waals surface area contributed by atoms with Crippen LogP contribution >= 0.6 is 0 Å². The van der Waals surface area contributed by atoms with Crippen LogP contribution in [0.4, 0.5) is 11.5 Å². The highest BCUT2D eigenvalue weighted by molar-refractivity contribution is 6.08. The molecule has 2 aromatic rings. The van der Waals surface area contributed by atoms with E-state index in [9.17, 15) is 4.79 Å². The highest BCUT2D eigenvalue weighted by atomic mass is 16.1. The first-order chi connectivity index (χ1) is 9.18. The molecule has 0 aliphatic rings. The van der Waals surface area contributed by atoms with Crippen molar-refractivity contribution >= 4 is 17.4 Å². The number of para-hydroxylation sites is 1. The molecule has 3 N–H and O–H groups in total. The average molecular weight is 257 g/mol. The number of aryl methyl sites for hydroxylation is 1. The minimum Gasteiger partial charge on any atom is -0.383 e. The molecule has 1 aromatic heterocycles. The van der Waals surface area contributed by atoms with Crippen molar-refractivity contribution in [3.05, 3.63) is 53.7 Å². The van der Waals surface area contributed by atoms with E-state index in [2.05, 4.69) is 10.3 Å². The number of rotatable bonds is 2. The smallest absolute Gasteiger partial charge is 0.259 e. The molecule has 0 atom stereocenters. The summed E-state index contributed by atoms with van der Waals surface area (Å²) in [5.74, 6) is 0.0118. The number of nitrogen functional groups attached to an aromatic ring is 1. The van der Waals surface area contributed by atoms with Crippen molar-refractivity contribution in [1.29, 1.82) is 0 Å². The van der Waals surface area contributed by atoms with Crippen LogP contribution in [-0.2, 0) is 0 Å². The second kappa shape index (κ2) is 7.16. The molecule has 1 amide bonds. The fraction of sp³-hybridized carbons (Fsp3) is 0.200. The minimum absolute atomic E-state index is 0.237. The molecule has 0 saturated carbocycles. The predicted octanol–water partition coefficient (Wildman–Crippen LogP) is 3.25. The predicted molar refractivity (Wildman–Crippen MR) is 79.1 cm³/mol. The van der Waals surface area contributed by atoms with Crippen LogP contribution in [0.1, 0.15) is 29.8 Å². The molecule has 0 bridgehead atoms. The molecular weight excluding hydrogens is 238 g/mol. The first-order valence-corrected chi connectivity index (χ1v) is 6.26. The normalized spacial score (nSPS) is 9.21. The molecule has 0 fully saturated rings. The molecule has 2 rings (SSSR count). The Morgan fingerprint density at radius 3 is 2.37 bits per heavy atom. The van der Waals surface area contributed by atoms with Gasteiger partial charge in [-0.3, -0.25) is 4.79 Å². The third-order valence-electron chi connectivity index (χ3n) is 2.45. The maximum atomic E-state index is 12.0. The summed E-state index contributed by atoms with van der Waals surface area (Å²) >= 11 is 0. The van der Waals surface area contributed by atoms with Gasteiger partial charge in [0, 0.05) is 11.9 Å². The van der Waals surface area contributed by atoms with E-state index in [1.54, 1.807) is 12.3 Å². The number of nitrogens with two attached hydrogens (primary N) is 1. The van der Waals surface area contributed by atoms with Crippen LogP contribution in [0.15, 0.2) is 42.6 Å². The van der Waals surface area contributed by atoms with Gasteiger partial charge in [-0.15, -0.1) is 0 Å². The van der Waals surface area contributed by atoms with Gasteiger partial charge in [0.1, 0.15) is 5.82 Å². The van der Waals surface area contributed by atoms with Crippen LogP contribution in [0.2, 0.25) is 0 Å². The minimum atomic E-state index is -0.237. The number of amides is 1. The third kappa shape index (κ3) is 3.81. The summed E-state index contributed by atoms with van der Waals surface area (Å²) in [7, 11) is 0. The Labute approximate surface area is 113 Å². The number of nitrogens with one attached hydrogen (secondary N) is 1. The van der Waals surface area contributed by atoms with Crippen molar-refractivity contribution in [2.45, 2.75) is 20.8 Å². The Balaban J connectivity index is 0.000000861. The molecule has 4 heteroatoms. The number of carbonyl (C=O) groups excluding carboxylic acids is 1. The Bertz CT molecular complexity index is 518. The van der Waals surface area contributed by atoms with Crippen LogP contribution < -0.4 is 11.1 Å². The van der Waals surface area contributed by atoms with E-state index >= 15 is 0 Å². The van der Waals surface area contributed by atoms with Gasteiger partial charge in [-0.25, -0.2) is 4.98 Å². The van der Waals surface area contributed by atoms with Crippen molar-refractivity contribution in [3.63, 3.8) is 0 Å². The van der Waals surface area contributed by atoms with E-state index in [1.807, 2.05) is 51.1 Å². The summed E-state index contributed by atoms with van der Waals surface area (Å²) in [6.45, 7) is 5.83. The van der Waals surface area contributed by atoms with E-state index in [0.717, 1.165) is 11.3 Å². The maximum Gasteiger partial charge on any atom is 0.259 e. The lowest BCUT2D eigenvalue weighted by Gasteiger charge is -2.09. The van der Waals surface area contributed by atoms with E-state index in [4.69, 9.17) is 5.73 Å². The second-order valence-corrected chi connectivity index (χ2v) is 3.71. The topological polar surface area (TPSA) is 68.0 Å². The van der Waals surface area contributed by atoms with Crippen LogP contribution in [-0.4, -0.2) is 10.9 Å². The molecule has 0 aliphatic carbocycles. The maximum absolute atomic E-state index is 12.0. The number of hydrogen-bond acceptors (Lipinski definition) is 3. The van der Waals surface area contributed by atoms with Crippen molar-refractivity contribution in [2.75, 3.05) is 11.1 Å². The fourth-order valence-corrected chi connectivity index (χ4v) is 1.59. The number of carbonyl (C=O) groups is 1. The van der Waals surface area contributed by atoms with Gasteiger partial charge in [0.2, 0.25) is 0 Å². The van der Waals surface area contributed by atoms with E-state index in [-0.39, 0.29) is 11.7 Å². The van der Waals surface area contributed by atoms with E-state index < -0.39 is 0 Å². The molecule has 4 nitrogen and oxygen atoms in total. The highest BCUT2D eigenvalue weighted by Crippen LogP contribution is 2.16. The molecule has 0 aliphatic heterocycles. The lowest BCUT2D eigenvalue weighted by Crippen LogP contribution is -2.16. The second-order valence-electron chi connectivity index (χ2n) is 3.71. The van der Waals surface area contributed by atoms with Gasteiger partial charge < -0.3 is 11.1 Å². The van der Waals surface area contributed by atoms with Crippen LogP contribution in [0, 0.1) is 6.92 Å². The summed E-state index contributed by atoms with van der Waals surface area (Å²) in [5.41, 5.74) is 7.68. The number of hydrogen-bond donors (Lipinski definition) is 2. The largest absolute Gasteiger partial charge is 0.383 e. The van der Waals surface area contributed by atoms with Crippen molar-refractivity contribution in [1.82, 2.24) is 4.98 Å². The van der Waals surface area contributed by atoms with Gasteiger partial charge in [-0.2, -0.15) is 0 Å². The Morgan fingerprint density at radius 2 is 1.79 bits per heavy atom. The first-order valence-electron chi connectivity index (χ1n) is 6.26. The van der Waals surface area contributed by atoms with E-state index in [0.29, 0.717) is 5.56 Å². The summed E-state index contributed by atoms with van der Waals surface area (Å²) in [6, 6.07) is 11.0. The zero-order chi connectivity index (χ0) is 14.3. The quantitative estimate of drug-likeness (QED) is 0.867. The Morgan fingerprint density at radius 1 is 1.16 bits per heavy atom. The summed E-state index contributed by atoms with van der Waals surface area (Å²) in [6.07, 6.45) is 1.59. The molecule has 0 unspecified atom stereocenters. The van der Waals surface area contributed by atoms with Gasteiger partial charge in [0.05, 0.1) is 5.56 Å². The van der Waals surface area contributed by atoms with Gasteiger partial charge in [-0.05, 0) is 30.7 Å². The summed E-state index contributed by atoms with van der Waals surface area (Å²) < 4.78 is 0. The zero-order valence-corrected chi connectivity index (χ0v) is 11.5. The molecule has 0 saturated heterocycles. The molecule has 0 radical (unpaired) electrons. The van der Waals surface area contributed by atoms with E-state index in [1.165, 1.54) is 0 Å². The summed E-state index contributed by atoms with van der Waals surface area (Å²) in [5, 5.41) is 2.78. The van der Waals surface area contributed by atoms with Gasteiger partial charge in [0.15, 0.2) is 0 Å². The average Bonchev–Trinajstić information content (AvgIpc) is 2.42. The van der Waals surface area contributed by atoms with Crippen molar-refractivity contribution in [2.24, 2.45) is 0 Å². The number of benzene rings is 1. The molecule has 19 heavy (non-hydrogen) atoms. The highest BCUT2D eigenvalue weighted by Gasteiger charge is 2.13. The van der Waals surface area contributed by atoms with Gasteiger partial charge in [-0.1, -0.05) is 32.0 Å². The van der Waals surface area contributed by atoms with Crippen LogP contribution in [0.25, 0.3) is 0 Å². The Kier molecular flexibility index (Phi) is 5.54. The van der Waals surface area contributed by atoms with Crippen molar-refractivity contribution in [3.8, 4) is 0 Å². The number of anilines is 2. The first kappa shape index (κ1) is 14.7. The lowest BCUT2D eigenvalue weighted by molar-refractivity contribution is 0.102. The number of pyridine rings is 1. The Hall–Kier alpha value is -2.36. The summed E-state index contributed by atoms with van der Waals surface area (Å²) in [4.78, 5) is 15.9. The fourth-order valence-electron chi connectivity index (χ4n) is 1.59. The number of nitrogens with zero attached hydrogens (tertiary/aromatic N) is 1. The molecule has 100 valence electrons. The molecule has 1 aromatic carbocycles. The van der Waals surface area contributed by atoms with Crippen LogP contribution in [0.3, 0.4) is 0 Å². The monoisotopic (exact) mass is 257 g/mol. The zero-order valence-electron chi connectivity index (χ0n) is 11.5. The molecule has 1 heterocycles. The third-order valence-corrected chi connectivity index (χ3v) is 2.45. The lowest BCUT2D eigenvalue weighted by atomic mass is 10.1. The van der Waals surface area contributed by atoms with Crippen LogP contribution in [0.5, 0.6) is 0 Å². The van der Waals surface area contributed by atoms with Gasteiger partial charge >= 0.3 is 0 Å². The molecule has 0 spiro atoms. The van der Waals surface area contributed by atoms with Gasteiger partial charge in [0.25, 0.3) is 5.91 Å². The van der Waals surface area contributed by atoms with Crippen molar-refractivity contribution < 1.29 is 4.79 Å².